The maximum absolute atomic E-state index is 8.78. The number of hydrogen-bond donors (Lipinski definition) is 1. The highest BCUT2D eigenvalue weighted by Crippen LogP contribution is 2.30. The van der Waals surface area contributed by atoms with Crippen molar-refractivity contribution in [3.8, 4) is 6.07 Å². The van der Waals surface area contributed by atoms with Crippen LogP contribution in [0.15, 0.2) is 18.2 Å². The van der Waals surface area contributed by atoms with Crippen LogP contribution in [0.25, 0.3) is 0 Å². The summed E-state index contributed by atoms with van der Waals surface area (Å²) < 4.78 is 0. The predicted octanol–water partition coefficient (Wildman–Crippen LogP) is 2.38. The topological polar surface area (TPSA) is 53.0 Å². The molecule has 1 aliphatic heterocycles. The van der Waals surface area contributed by atoms with Crippen molar-refractivity contribution in [2.75, 3.05) is 23.7 Å². The molecule has 2 N–H and O–H groups in total. The second kappa shape index (κ2) is 4.44. The first kappa shape index (κ1) is 10.8. The molecule has 1 unspecified atom stereocenters. The number of nitrogen functional groups attached to an aromatic ring is 1. The lowest BCUT2D eigenvalue weighted by Gasteiger charge is -2.20. The molecule has 1 aromatic rings. The molecule has 16 heavy (non-hydrogen) atoms. The summed E-state index contributed by atoms with van der Waals surface area (Å²) in [6.07, 6.45) is 2.47. The molecule has 1 saturated heterocycles. The van der Waals surface area contributed by atoms with Crippen LogP contribution < -0.4 is 10.6 Å². The van der Waals surface area contributed by atoms with E-state index in [0.29, 0.717) is 5.56 Å². The van der Waals surface area contributed by atoms with E-state index in [1.807, 2.05) is 12.1 Å². The van der Waals surface area contributed by atoms with Gasteiger partial charge in [0.2, 0.25) is 0 Å². The molecular formula is C13H17N3. The number of nitrogens with zero attached hydrogens (tertiary/aromatic N) is 2. The minimum absolute atomic E-state index is 0.632. The second-order valence-corrected chi connectivity index (χ2v) is 4.39. The van der Waals surface area contributed by atoms with Gasteiger partial charge < -0.3 is 10.6 Å². The van der Waals surface area contributed by atoms with Crippen molar-refractivity contribution >= 4 is 11.4 Å². The quantitative estimate of drug-likeness (QED) is 0.770. The molecule has 0 radical (unpaired) electrons. The molecule has 0 saturated carbocycles. The first-order valence-electron chi connectivity index (χ1n) is 5.79. The van der Waals surface area contributed by atoms with Crippen molar-refractivity contribution in [3.05, 3.63) is 23.8 Å². The van der Waals surface area contributed by atoms with E-state index in [9.17, 15) is 0 Å². The lowest BCUT2D eigenvalue weighted by atomic mass is 10.1. The minimum atomic E-state index is 0.632. The van der Waals surface area contributed by atoms with Gasteiger partial charge in [0, 0.05) is 13.1 Å². The van der Waals surface area contributed by atoms with Gasteiger partial charge >= 0.3 is 0 Å². The van der Waals surface area contributed by atoms with E-state index in [0.717, 1.165) is 30.4 Å². The maximum atomic E-state index is 8.78. The zero-order valence-corrected chi connectivity index (χ0v) is 9.61. The Morgan fingerprint density at radius 1 is 1.56 bits per heavy atom. The number of anilines is 2. The first-order chi connectivity index (χ1) is 7.74. The maximum Gasteiger partial charge on any atom is 0.0992 e. The highest BCUT2D eigenvalue weighted by molar-refractivity contribution is 5.69. The van der Waals surface area contributed by atoms with Crippen LogP contribution in [-0.2, 0) is 0 Å². The van der Waals surface area contributed by atoms with Crippen LogP contribution in [0.1, 0.15) is 25.3 Å². The van der Waals surface area contributed by atoms with Crippen LogP contribution >= 0.6 is 0 Å². The molecule has 84 valence electrons. The average molecular weight is 215 g/mol. The molecule has 1 fully saturated rings. The number of rotatable bonds is 2. The molecular weight excluding hydrogens is 198 g/mol. The molecule has 1 heterocycles. The Morgan fingerprint density at radius 3 is 2.94 bits per heavy atom. The van der Waals surface area contributed by atoms with Crippen LogP contribution in [0.4, 0.5) is 11.4 Å². The fourth-order valence-corrected chi connectivity index (χ4v) is 2.30. The molecule has 1 aliphatic rings. The van der Waals surface area contributed by atoms with Gasteiger partial charge in [-0.1, -0.05) is 13.3 Å². The largest absolute Gasteiger partial charge is 0.397 e. The normalized spacial score (nSPS) is 19.8. The summed E-state index contributed by atoms with van der Waals surface area (Å²) in [4.78, 5) is 2.32. The van der Waals surface area contributed by atoms with E-state index >= 15 is 0 Å². The van der Waals surface area contributed by atoms with E-state index in [1.165, 1.54) is 12.8 Å². The third-order valence-electron chi connectivity index (χ3n) is 3.36. The smallest absolute Gasteiger partial charge is 0.0992 e. The van der Waals surface area contributed by atoms with E-state index in [4.69, 9.17) is 11.0 Å². The van der Waals surface area contributed by atoms with Crippen molar-refractivity contribution in [3.63, 3.8) is 0 Å². The molecule has 1 atom stereocenters. The van der Waals surface area contributed by atoms with Gasteiger partial charge in [0.05, 0.1) is 23.0 Å². The summed E-state index contributed by atoms with van der Waals surface area (Å²) >= 11 is 0. The zero-order valence-electron chi connectivity index (χ0n) is 9.61. The number of nitrogens with two attached hydrogens (primary N) is 1. The zero-order chi connectivity index (χ0) is 11.5. The minimum Gasteiger partial charge on any atom is -0.397 e. The summed E-state index contributed by atoms with van der Waals surface area (Å²) in [6.45, 7) is 4.40. The van der Waals surface area contributed by atoms with Gasteiger partial charge in [-0.3, -0.25) is 0 Å². The highest BCUT2D eigenvalue weighted by atomic mass is 15.2. The van der Waals surface area contributed by atoms with Gasteiger partial charge in [-0.05, 0) is 30.5 Å². The fourth-order valence-electron chi connectivity index (χ4n) is 2.30. The molecule has 0 aliphatic carbocycles. The molecule has 0 aromatic heterocycles. The van der Waals surface area contributed by atoms with Gasteiger partial charge in [0.25, 0.3) is 0 Å². The standard InChI is InChI=1S/C13H17N3/c1-2-10-5-6-16(9-10)13-4-3-11(8-14)7-12(13)15/h3-4,7,10H,2,5-6,9,15H2,1H3. The number of nitriles is 1. The van der Waals surface area contributed by atoms with Crippen LogP contribution in [0.2, 0.25) is 0 Å². The van der Waals surface area contributed by atoms with Crippen LogP contribution in [0, 0.1) is 17.2 Å². The SMILES string of the molecule is CCC1CCN(c2ccc(C#N)cc2N)C1. The molecule has 2 rings (SSSR count). The van der Waals surface area contributed by atoms with E-state index in [-0.39, 0.29) is 0 Å². The molecule has 0 spiro atoms. The molecule has 0 amide bonds. The first-order valence-corrected chi connectivity index (χ1v) is 5.79. The average Bonchev–Trinajstić information content (AvgIpc) is 2.77. The fraction of sp³-hybridized carbons (Fsp3) is 0.462. The highest BCUT2D eigenvalue weighted by Gasteiger charge is 2.22. The van der Waals surface area contributed by atoms with Crippen LogP contribution in [0.5, 0.6) is 0 Å². The van der Waals surface area contributed by atoms with Gasteiger partial charge in [-0.2, -0.15) is 5.26 Å². The van der Waals surface area contributed by atoms with Gasteiger partial charge in [0.15, 0.2) is 0 Å². The Kier molecular flexibility index (Phi) is 3.00. The second-order valence-electron chi connectivity index (χ2n) is 4.39. The molecule has 3 nitrogen and oxygen atoms in total. The molecule has 1 aromatic carbocycles. The van der Waals surface area contributed by atoms with E-state index in [2.05, 4.69) is 17.9 Å². The Hall–Kier alpha value is -1.69. The van der Waals surface area contributed by atoms with E-state index in [1.54, 1.807) is 6.07 Å². The van der Waals surface area contributed by atoms with Crippen molar-refractivity contribution in [2.24, 2.45) is 5.92 Å². The summed E-state index contributed by atoms with van der Waals surface area (Å²) in [6, 6.07) is 7.67. The van der Waals surface area contributed by atoms with Crippen molar-refractivity contribution in [1.29, 1.82) is 5.26 Å². The van der Waals surface area contributed by atoms with Crippen molar-refractivity contribution in [2.45, 2.75) is 19.8 Å². The lowest BCUT2D eigenvalue weighted by molar-refractivity contribution is 0.569. The predicted molar refractivity (Wildman–Crippen MR) is 66.2 cm³/mol. The Morgan fingerprint density at radius 2 is 2.38 bits per heavy atom. The van der Waals surface area contributed by atoms with Crippen LogP contribution in [-0.4, -0.2) is 13.1 Å². The van der Waals surface area contributed by atoms with Gasteiger partial charge in [0.1, 0.15) is 0 Å². The third kappa shape index (κ3) is 1.96. The molecule has 0 bridgehead atoms. The third-order valence-corrected chi connectivity index (χ3v) is 3.36. The van der Waals surface area contributed by atoms with E-state index < -0.39 is 0 Å². The number of benzene rings is 1. The summed E-state index contributed by atoms with van der Waals surface area (Å²) in [7, 11) is 0. The number of hydrogen-bond acceptors (Lipinski definition) is 3. The van der Waals surface area contributed by atoms with Gasteiger partial charge in [-0.25, -0.2) is 0 Å². The van der Waals surface area contributed by atoms with Crippen LogP contribution in [0.3, 0.4) is 0 Å². The lowest BCUT2D eigenvalue weighted by Crippen LogP contribution is -2.20. The summed E-state index contributed by atoms with van der Waals surface area (Å²) in [5.74, 6) is 0.787. The Bertz CT molecular complexity index is 420. The van der Waals surface area contributed by atoms with Crippen molar-refractivity contribution in [1.82, 2.24) is 0 Å². The summed E-state index contributed by atoms with van der Waals surface area (Å²) in [5, 5.41) is 8.78. The van der Waals surface area contributed by atoms with Gasteiger partial charge in [-0.15, -0.1) is 0 Å². The monoisotopic (exact) mass is 215 g/mol. The summed E-state index contributed by atoms with van der Waals surface area (Å²) in [5.41, 5.74) is 8.40. The van der Waals surface area contributed by atoms with Crippen molar-refractivity contribution < 1.29 is 0 Å². The Labute approximate surface area is 96.5 Å². The molecule has 3 heteroatoms. The Balaban J connectivity index is 2.19.